The molecule has 1 aliphatic rings. The summed E-state index contributed by atoms with van der Waals surface area (Å²) in [5.74, 6) is 0.939. The Labute approximate surface area is 144 Å². The minimum absolute atomic E-state index is 0.130. The standard InChI is InChI=1S/C19H29NO4/c1-18(2)13-20(11-10-19(18,22)14-23-3)17(21)9-8-15-6-5-7-16(12-15)24-4/h5-7,12,22H,8-11,13-14H2,1-4H3/t19-/m1/s1. The van der Waals surface area contributed by atoms with Crippen LogP contribution in [-0.4, -0.2) is 55.4 Å². The molecule has 1 amide bonds. The van der Waals surface area contributed by atoms with Crippen LogP contribution in [0.4, 0.5) is 0 Å². The van der Waals surface area contributed by atoms with E-state index in [1.807, 2.05) is 43.0 Å². The average Bonchev–Trinajstić information content (AvgIpc) is 2.55. The molecule has 1 atom stereocenters. The normalized spacial score (nSPS) is 23.1. The molecule has 5 heteroatoms. The molecule has 1 aromatic rings. The van der Waals surface area contributed by atoms with Crippen molar-refractivity contribution in [1.82, 2.24) is 4.90 Å². The number of carbonyl (C=O) groups excluding carboxylic acids is 1. The van der Waals surface area contributed by atoms with Gasteiger partial charge in [0.25, 0.3) is 0 Å². The number of likely N-dealkylation sites (tertiary alicyclic amines) is 1. The number of carbonyl (C=O) groups is 1. The third-order valence-corrected chi connectivity index (χ3v) is 5.14. The first-order valence-electron chi connectivity index (χ1n) is 8.43. The van der Waals surface area contributed by atoms with Crippen LogP contribution in [0.25, 0.3) is 0 Å². The Morgan fingerprint density at radius 1 is 1.33 bits per heavy atom. The van der Waals surface area contributed by atoms with Gasteiger partial charge in [0.05, 0.1) is 19.3 Å². The van der Waals surface area contributed by atoms with Gasteiger partial charge in [-0.15, -0.1) is 0 Å². The van der Waals surface area contributed by atoms with E-state index in [9.17, 15) is 9.90 Å². The molecule has 1 aliphatic heterocycles. The number of nitrogens with zero attached hydrogens (tertiary/aromatic N) is 1. The van der Waals surface area contributed by atoms with Crippen LogP contribution in [0.15, 0.2) is 24.3 Å². The molecule has 5 nitrogen and oxygen atoms in total. The van der Waals surface area contributed by atoms with Gasteiger partial charge in [-0.2, -0.15) is 0 Å². The van der Waals surface area contributed by atoms with Gasteiger partial charge in [0.1, 0.15) is 5.75 Å². The molecule has 0 saturated carbocycles. The summed E-state index contributed by atoms with van der Waals surface area (Å²) in [5.41, 5.74) is -0.187. The van der Waals surface area contributed by atoms with Gasteiger partial charge in [-0.25, -0.2) is 0 Å². The van der Waals surface area contributed by atoms with Crippen LogP contribution in [-0.2, 0) is 16.0 Å². The predicted molar refractivity (Wildman–Crippen MR) is 93.1 cm³/mol. The second-order valence-corrected chi connectivity index (χ2v) is 7.27. The second-order valence-electron chi connectivity index (χ2n) is 7.27. The van der Waals surface area contributed by atoms with Crippen LogP contribution in [0, 0.1) is 5.41 Å². The second kappa shape index (κ2) is 7.53. The van der Waals surface area contributed by atoms with Gasteiger partial charge in [-0.1, -0.05) is 26.0 Å². The number of methoxy groups -OCH3 is 2. The Hall–Kier alpha value is -1.59. The maximum atomic E-state index is 12.6. The summed E-state index contributed by atoms with van der Waals surface area (Å²) in [6.45, 7) is 5.40. The molecular weight excluding hydrogens is 306 g/mol. The van der Waals surface area contributed by atoms with Crippen molar-refractivity contribution in [1.29, 1.82) is 0 Å². The van der Waals surface area contributed by atoms with E-state index >= 15 is 0 Å². The molecule has 2 rings (SSSR count). The summed E-state index contributed by atoms with van der Waals surface area (Å²) >= 11 is 0. The summed E-state index contributed by atoms with van der Waals surface area (Å²) in [5, 5.41) is 10.8. The molecule has 134 valence electrons. The minimum Gasteiger partial charge on any atom is -0.497 e. The third kappa shape index (κ3) is 4.08. The third-order valence-electron chi connectivity index (χ3n) is 5.14. The lowest BCUT2D eigenvalue weighted by atomic mass is 9.70. The van der Waals surface area contributed by atoms with E-state index in [1.54, 1.807) is 14.2 Å². The fourth-order valence-electron chi connectivity index (χ4n) is 3.32. The molecule has 0 unspecified atom stereocenters. The number of ether oxygens (including phenoxy) is 2. The first-order valence-corrected chi connectivity index (χ1v) is 8.43. The zero-order chi connectivity index (χ0) is 17.8. The Morgan fingerprint density at radius 3 is 2.71 bits per heavy atom. The summed E-state index contributed by atoms with van der Waals surface area (Å²) < 4.78 is 10.4. The first-order chi connectivity index (χ1) is 11.3. The molecule has 1 aromatic carbocycles. The van der Waals surface area contributed by atoms with E-state index in [4.69, 9.17) is 9.47 Å². The first kappa shape index (κ1) is 18.7. The van der Waals surface area contributed by atoms with Crippen LogP contribution >= 0.6 is 0 Å². The van der Waals surface area contributed by atoms with Crippen LogP contribution < -0.4 is 4.74 Å². The number of hydrogen-bond donors (Lipinski definition) is 1. The van der Waals surface area contributed by atoms with Crippen molar-refractivity contribution >= 4 is 5.91 Å². The van der Waals surface area contributed by atoms with Crippen molar-refractivity contribution in [2.75, 3.05) is 33.9 Å². The van der Waals surface area contributed by atoms with E-state index in [1.165, 1.54) is 0 Å². The minimum atomic E-state index is -0.884. The maximum Gasteiger partial charge on any atom is 0.222 e. The number of aryl methyl sites for hydroxylation is 1. The number of amides is 1. The molecule has 0 bridgehead atoms. The summed E-state index contributed by atoms with van der Waals surface area (Å²) in [6.07, 6.45) is 1.69. The lowest BCUT2D eigenvalue weighted by molar-refractivity contribution is -0.163. The molecule has 1 fully saturated rings. The lowest BCUT2D eigenvalue weighted by Gasteiger charge is -2.50. The molecule has 1 heterocycles. The van der Waals surface area contributed by atoms with Crippen LogP contribution in [0.1, 0.15) is 32.3 Å². The van der Waals surface area contributed by atoms with Crippen LogP contribution in [0.3, 0.4) is 0 Å². The summed E-state index contributed by atoms with van der Waals surface area (Å²) in [4.78, 5) is 14.4. The van der Waals surface area contributed by atoms with Gasteiger partial charge in [0.2, 0.25) is 5.91 Å². The van der Waals surface area contributed by atoms with Gasteiger partial charge in [0.15, 0.2) is 0 Å². The fourth-order valence-corrected chi connectivity index (χ4v) is 3.32. The number of piperidine rings is 1. The predicted octanol–water partition coefficient (Wildman–Crippen LogP) is 2.26. The van der Waals surface area contributed by atoms with Crippen LogP contribution in [0.5, 0.6) is 5.75 Å². The van der Waals surface area contributed by atoms with Gasteiger partial charge < -0.3 is 19.5 Å². The largest absolute Gasteiger partial charge is 0.497 e. The van der Waals surface area contributed by atoms with Gasteiger partial charge in [0, 0.05) is 32.0 Å². The Kier molecular flexibility index (Phi) is 5.88. The van der Waals surface area contributed by atoms with E-state index in [0.717, 1.165) is 11.3 Å². The molecule has 0 aromatic heterocycles. The highest BCUT2D eigenvalue weighted by Gasteiger charge is 2.48. The SMILES string of the molecule is COC[C@]1(O)CCN(C(=O)CCc2cccc(OC)c2)CC1(C)C. The van der Waals surface area contributed by atoms with Crippen LogP contribution in [0.2, 0.25) is 0 Å². The highest BCUT2D eigenvalue weighted by Crippen LogP contribution is 2.39. The Morgan fingerprint density at radius 2 is 2.08 bits per heavy atom. The quantitative estimate of drug-likeness (QED) is 0.866. The lowest BCUT2D eigenvalue weighted by Crippen LogP contribution is -2.60. The van der Waals surface area contributed by atoms with E-state index in [2.05, 4.69) is 0 Å². The number of hydrogen-bond acceptors (Lipinski definition) is 4. The highest BCUT2D eigenvalue weighted by molar-refractivity contribution is 5.76. The summed E-state index contributed by atoms with van der Waals surface area (Å²) in [6, 6.07) is 7.81. The van der Waals surface area contributed by atoms with Gasteiger partial charge in [-0.3, -0.25) is 4.79 Å². The zero-order valence-corrected chi connectivity index (χ0v) is 15.2. The maximum absolute atomic E-state index is 12.6. The summed E-state index contributed by atoms with van der Waals surface area (Å²) in [7, 11) is 3.24. The highest BCUT2D eigenvalue weighted by atomic mass is 16.5. The number of aliphatic hydroxyl groups is 1. The monoisotopic (exact) mass is 335 g/mol. The zero-order valence-electron chi connectivity index (χ0n) is 15.2. The molecule has 1 N–H and O–H groups in total. The van der Waals surface area contributed by atoms with E-state index < -0.39 is 11.0 Å². The van der Waals surface area contributed by atoms with Crippen molar-refractivity contribution in [2.45, 2.75) is 38.7 Å². The topological polar surface area (TPSA) is 59.0 Å². The molecule has 24 heavy (non-hydrogen) atoms. The molecule has 0 aliphatic carbocycles. The van der Waals surface area contributed by atoms with E-state index in [0.29, 0.717) is 39.0 Å². The van der Waals surface area contributed by atoms with Gasteiger partial charge in [-0.05, 0) is 30.5 Å². The van der Waals surface area contributed by atoms with Gasteiger partial charge >= 0.3 is 0 Å². The molecular formula is C19H29NO4. The molecule has 0 spiro atoms. The van der Waals surface area contributed by atoms with Crippen molar-refractivity contribution < 1.29 is 19.4 Å². The van der Waals surface area contributed by atoms with Crippen molar-refractivity contribution in [3.63, 3.8) is 0 Å². The molecule has 1 saturated heterocycles. The number of rotatable bonds is 6. The van der Waals surface area contributed by atoms with Crippen molar-refractivity contribution in [3.05, 3.63) is 29.8 Å². The number of benzene rings is 1. The van der Waals surface area contributed by atoms with Crippen molar-refractivity contribution in [2.24, 2.45) is 5.41 Å². The van der Waals surface area contributed by atoms with Crippen molar-refractivity contribution in [3.8, 4) is 5.75 Å². The average molecular weight is 335 g/mol. The fraction of sp³-hybridized carbons (Fsp3) is 0.632. The Bertz CT molecular complexity index is 572. The Balaban J connectivity index is 1.94. The molecule has 0 radical (unpaired) electrons. The smallest absolute Gasteiger partial charge is 0.222 e. The van der Waals surface area contributed by atoms with E-state index in [-0.39, 0.29) is 5.91 Å².